The molecule has 29 heavy (non-hydrogen) atoms. The van der Waals surface area contributed by atoms with E-state index >= 15 is 0 Å². The van der Waals surface area contributed by atoms with E-state index in [2.05, 4.69) is 27.4 Å². The fourth-order valence-corrected chi connectivity index (χ4v) is 3.60. The highest BCUT2D eigenvalue weighted by Crippen LogP contribution is 2.20. The zero-order chi connectivity index (χ0) is 20.2. The summed E-state index contributed by atoms with van der Waals surface area (Å²) in [4.78, 5) is 23.6. The van der Waals surface area contributed by atoms with Crippen LogP contribution in [0.1, 0.15) is 32.9 Å². The molecule has 0 spiro atoms. The average molecular weight is 390 g/mol. The molecular formula is C23H23FN4O. The van der Waals surface area contributed by atoms with Crippen LogP contribution in [0.2, 0.25) is 0 Å². The molecule has 2 heterocycles. The number of nitrogens with zero attached hydrogens (tertiary/aromatic N) is 3. The van der Waals surface area contributed by atoms with Crippen LogP contribution >= 0.6 is 0 Å². The zero-order valence-corrected chi connectivity index (χ0v) is 16.4. The lowest BCUT2D eigenvalue weighted by Gasteiger charge is -2.28. The highest BCUT2D eigenvalue weighted by atomic mass is 19.1. The fraction of sp³-hybridized carbons (Fsp3) is 0.261. The minimum absolute atomic E-state index is 0.0952. The molecule has 4 rings (SSSR count). The third kappa shape index (κ3) is 4.42. The first-order valence-corrected chi connectivity index (χ1v) is 9.79. The van der Waals surface area contributed by atoms with E-state index in [1.54, 1.807) is 18.2 Å². The maximum absolute atomic E-state index is 13.8. The van der Waals surface area contributed by atoms with Crippen molar-refractivity contribution in [3.8, 4) is 0 Å². The first-order chi connectivity index (χ1) is 14.1. The Balaban J connectivity index is 1.44. The first kappa shape index (κ1) is 19.1. The number of carbonyl (C=O) groups excluding carboxylic acids is 1. The van der Waals surface area contributed by atoms with E-state index in [0.29, 0.717) is 49.0 Å². The van der Waals surface area contributed by atoms with E-state index in [9.17, 15) is 9.18 Å². The second-order valence-electron chi connectivity index (χ2n) is 7.23. The van der Waals surface area contributed by atoms with Gasteiger partial charge in [0.1, 0.15) is 11.5 Å². The molecule has 6 heteroatoms. The van der Waals surface area contributed by atoms with Gasteiger partial charge in [-0.1, -0.05) is 42.5 Å². The summed E-state index contributed by atoms with van der Waals surface area (Å²) in [5.41, 5.74) is 4.21. The van der Waals surface area contributed by atoms with Crippen molar-refractivity contribution in [2.24, 2.45) is 0 Å². The molecule has 0 fully saturated rings. The van der Waals surface area contributed by atoms with Crippen LogP contribution in [0.3, 0.4) is 0 Å². The highest BCUT2D eigenvalue weighted by Gasteiger charge is 2.23. The summed E-state index contributed by atoms with van der Waals surface area (Å²) in [5, 5.41) is 3.12. The normalized spacial score (nSPS) is 13.1. The number of hydrogen-bond acceptors (Lipinski definition) is 4. The standard InChI is InChI=1S/C23H23FN4O/c1-16-14-21(22(29)28-13-11-17-6-2-3-8-19(17)15-28)27-23(26-16)25-12-10-18-7-4-5-9-20(18)24/h2-9,14H,10-13,15H2,1H3,(H,25,26,27). The minimum atomic E-state index is -0.222. The molecule has 0 radical (unpaired) electrons. The Morgan fingerprint density at radius 2 is 1.86 bits per heavy atom. The Morgan fingerprint density at radius 1 is 1.10 bits per heavy atom. The molecule has 148 valence electrons. The molecule has 1 N–H and O–H groups in total. The van der Waals surface area contributed by atoms with E-state index in [4.69, 9.17) is 0 Å². The smallest absolute Gasteiger partial charge is 0.272 e. The van der Waals surface area contributed by atoms with Gasteiger partial charge in [0, 0.05) is 25.3 Å². The molecule has 1 aliphatic rings. The van der Waals surface area contributed by atoms with Gasteiger partial charge in [0.15, 0.2) is 0 Å². The summed E-state index contributed by atoms with van der Waals surface area (Å²) in [7, 11) is 0. The van der Waals surface area contributed by atoms with Crippen molar-refractivity contribution in [2.75, 3.05) is 18.4 Å². The van der Waals surface area contributed by atoms with Crippen molar-refractivity contribution in [3.05, 3.63) is 88.5 Å². The molecule has 1 aromatic heterocycles. The number of nitrogens with one attached hydrogen (secondary N) is 1. The maximum atomic E-state index is 13.8. The molecular weight excluding hydrogens is 367 g/mol. The summed E-state index contributed by atoms with van der Waals surface area (Å²) >= 11 is 0. The lowest BCUT2D eigenvalue weighted by molar-refractivity contribution is 0.0728. The van der Waals surface area contributed by atoms with Crippen LogP contribution in [0.25, 0.3) is 0 Å². The predicted molar refractivity (Wildman–Crippen MR) is 110 cm³/mol. The van der Waals surface area contributed by atoms with Crippen LogP contribution in [0.15, 0.2) is 54.6 Å². The maximum Gasteiger partial charge on any atom is 0.272 e. The molecule has 0 atom stereocenters. The SMILES string of the molecule is Cc1cc(C(=O)N2CCc3ccccc3C2)nc(NCCc2ccccc2F)n1. The highest BCUT2D eigenvalue weighted by molar-refractivity contribution is 5.92. The quantitative estimate of drug-likeness (QED) is 0.720. The second-order valence-corrected chi connectivity index (χ2v) is 7.23. The van der Waals surface area contributed by atoms with Crippen LogP contribution in [0.4, 0.5) is 10.3 Å². The molecule has 2 aromatic carbocycles. The van der Waals surface area contributed by atoms with E-state index in [-0.39, 0.29) is 11.7 Å². The van der Waals surface area contributed by atoms with Gasteiger partial charge in [0.05, 0.1) is 0 Å². The number of carbonyl (C=O) groups is 1. The third-order valence-electron chi connectivity index (χ3n) is 5.13. The molecule has 1 amide bonds. The molecule has 0 saturated heterocycles. The summed E-state index contributed by atoms with van der Waals surface area (Å²) in [6.45, 7) is 3.59. The number of aryl methyl sites for hydroxylation is 1. The van der Waals surface area contributed by atoms with Crippen LogP contribution in [-0.2, 0) is 19.4 Å². The Labute approximate surface area is 169 Å². The van der Waals surface area contributed by atoms with Gasteiger partial charge in [-0.3, -0.25) is 4.79 Å². The molecule has 5 nitrogen and oxygen atoms in total. The average Bonchev–Trinajstić information content (AvgIpc) is 2.74. The fourth-order valence-electron chi connectivity index (χ4n) is 3.60. The predicted octanol–water partition coefficient (Wildman–Crippen LogP) is 3.78. The van der Waals surface area contributed by atoms with Gasteiger partial charge in [-0.05, 0) is 48.6 Å². The van der Waals surface area contributed by atoms with Gasteiger partial charge in [-0.2, -0.15) is 0 Å². The molecule has 0 bridgehead atoms. The largest absolute Gasteiger partial charge is 0.354 e. The number of halogens is 1. The van der Waals surface area contributed by atoms with E-state index in [1.165, 1.54) is 17.2 Å². The summed E-state index contributed by atoms with van der Waals surface area (Å²) in [6.07, 6.45) is 1.36. The zero-order valence-electron chi connectivity index (χ0n) is 16.4. The number of aromatic nitrogens is 2. The summed E-state index contributed by atoms with van der Waals surface area (Å²) < 4.78 is 13.8. The molecule has 0 saturated carbocycles. The number of amides is 1. The molecule has 0 aliphatic carbocycles. The number of hydrogen-bond donors (Lipinski definition) is 1. The van der Waals surface area contributed by atoms with Crippen LogP contribution in [-0.4, -0.2) is 33.9 Å². The van der Waals surface area contributed by atoms with Gasteiger partial charge in [-0.25, -0.2) is 14.4 Å². The Bertz CT molecular complexity index is 1040. The van der Waals surface area contributed by atoms with Gasteiger partial charge >= 0.3 is 0 Å². The van der Waals surface area contributed by atoms with Crippen molar-refractivity contribution in [2.45, 2.75) is 26.3 Å². The van der Waals surface area contributed by atoms with Crippen molar-refractivity contribution in [1.82, 2.24) is 14.9 Å². The van der Waals surface area contributed by atoms with Crippen molar-refractivity contribution < 1.29 is 9.18 Å². The Kier molecular flexibility index (Phi) is 5.51. The van der Waals surface area contributed by atoms with E-state index in [1.807, 2.05) is 30.0 Å². The van der Waals surface area contributed by atoms with Gasteiger partial charge in [-0.15, -0.1) is 0 Å². The monoisotopic (exact) mass is 390 g/mol. The first-order valence-electron chi connectivity index (χ1n) is 9.79. The van der Waals surface area contributed by atoms with Gasteiger partial charge in [0.2, 0.25) is 5.95 Å². The Hall–Kier alpha value is -3.28. The van der Waals surface area contributed by atoms with Crippen molar-refractivity contribution in [1.29, 1.82) is 0 Å². The summed E-state index contributed by atoms with van der Waals surface area (Å²) in [6, 6.07) is 16.6. The topological polar surface area (TPSA) is 58.1 Å². The van der Waals surface area contributed by atoms with E-state index < -0.39 is 0 Å². The molecule has 1 aliphatic heterocycles. The second kappa shape index (κ2) is 8.39. The number of anilines is 1. The minimum Gasteiger partial charge on any atom is -0.354 e. The third-order valence-corrected chi connectivity index (χ3v) is 5.13. The molecule has 0 unspecified atom stereocenters. The van der Waals surface area contributed by atoms with Crippen LogP contribution in [0, 0.1) is 12.7 Å². The van der Waals surface area contributed by atoms with Crippen molar-refractivity contribution >= 4 is 11.9 Å². The number of rotatable bonds is 5. The van der Waals surface area contributed by atoms with Crippen LogP contribution in [0.5, 0.6) is 0 Å². The van der Waals surface area contributed by atoms with Crippen LogP contribution < -0.4 is 5.32 Å². The Morgan fingerprint density at radius 3 is 2.69 bits per heavy atom. The van der Waals surface area contributed by atoms with Gasteiger partial charge in [0.25, 0.3) is 5.91 Å². The van der Waals surface area contributed by atoms with Gasteiger partial charge < -0.3 is 10.2 Å². The number of benzene rings is 2. The van der Waals surface area contributed by atoms with E-state index in [0.717, 1.165) is 6.42 Å². The lowest BCUT2D eigenvalue weighted by atomic mass is 10.00. The lowest BCUT2D eigenvalue weighted by Crippen LogP contribution is -2.36. The van der Waals surface area contributed by atoms with Crippen molar-refractivity contribution in [3.63, 3.8) is 0 Å². The summed E-state index contributed by atoms with van der Waals surface area (Å²) in [5.74, 6) is 0.0740. The molecule has 3 aromatic rings. The number of fused-ring (bicyclic) bond motifs is 1.